The number of amides is 2. The topological polar surface area (TPSA) is 65.5 Å². The lowest BCUT2D eigenvalue weighted by Gasteiger charge is -2.31. The van der Waals surface area contributed by atoms with Crippen LogP contribution >= 0.6 is 0 Å². The highest BCUT2D eigenvalue weighted by atomic mass is 19.1. The van der Waals surface area contributed by atoms with Crippen LogP contribution in [-0.2, 0) is 9.53 Å². The van der Waals surface area contributed by atoms with Crippen LogP contribution in [0.3, 0.4) is 0 Å². The number of hydrogen-bond acceptors (Lipinski definition) is 5. The van der Waals surface area contributed by atoms with Gasteiger partial charge >= 0.3 is 0 Å². The molecule has 0 spiro atoms. The fourth-order valence-electron chi connectivity index (χ4n) is 5.03. The molecular formula is C31H32F2N4O3. The van der Waals surface area contributed by atoms with Crippen molar-refractivity contribution < 1.29 is 23.1 Å². The molecule has 0 aliphatic carbocycles. The molecule has 3 aromatic rings. The zero-order valence-corrected chi connectivity index (χ0v) is 22.4. The van der Waals surface area contributed by atoms with E-state index >= 15 is 0 Å². The number of aryl methyl sites for hydroxylation is 1. The van der Waals surface area contributed by atoms with Gasteiger partial charge in [-0.25, -0.2) is 13.8 Å². The van der Waals surface area contributed by atoms with Crippen LogP contribution in [0.1, 0.15) is 39.5 Å². The second-order valence-corrected chi connectivity index (χ2v) is 10.1. The average Bonchev–Trinajstić information content (AvgIpc) is 3.42. The number of hydrazone groups is 1. The lowest BCUT2D eigenvalue weighted by atomic mass is 9.97. The third-order valence-corrected chi connectivity index (χ3v) is 7.32. The number of morpholine rings is 1. The molecule has 0 aromatic heterocycles. The predicted octanol–water partition coefficient (Wildman–Crippen LogP) is 4.43. The number of rotatable bonds is 8. The highest BCUT2D eigenvalue weighted by Gasteiger charge is 2.35. The van der Waals surface area contributed by atoms with Crippen molar-refractivity contribution in [3.8, 4) is 0 Å². The number of benzene rings is 3. The fraction of sp³-hybridized carbons (Fsp3) is 0.323. The third kappa shape index (κ3) is 6.26. The first-order chi connectivity index (χ1) is 19.4. The maximum atomic E-state index is 14.7. The van der Waals surface area contributed by atoms with Gasteiger partial charge in [0, 0.05) is 38.2 Å². The minimum absolute atomic E-state index is 0.0932. The van der Waals surface area contributed by atoms with Gasteiger partial charge in [0.1, 0.15) is 18.2 Å². The SMILES string of the molecule is Cc1ccc(C2CC(c3ccccc3F)=NN2C(=O)CN(CCN2CCOCC2)C(=O)c2ccccc2F)cc1. The van der Waals surface area contributed by atoms with E-state index < -0.39 is 29.5 Å². The van der Waals surface area contributed by atoms with E-state index in [1.54, 1.807) is 24.3 Å². The van der Waals surface area contributed by atoms with E-state index in [0.717, 1.165) is 11.1 Å². The van der Waals surface area contributed by atoms with Gasteiger partial charge in [-0.15, -0.1) is 0 Å². The first-order valence-corrected chi connectivity index (χ1v) is 13.5. The standard InChI is InChI=1S/C31H32F2N4O3/c1-22-10-12-23(13-11-22)29-20-28(24-6-2-4-8-26(24)32)34-37(29)30(38)21-36(15-14-35-16-18-40-19-17-35)31(39)25-7-3-5-9-27(25)33/h2-13,29H,14-21H2,1H3. The molecule has 0 N–H and O–H groups in total. The van der Waals surface area contributed by atoms with Crippen molar-refractivity contribution in [1.82, 2.24) is 14.8 Å². The molecule has 1 fully saturated rings. The third-order valence-electron chi connectivity index (χ3n) is 7.32. The Kier molecular flexibility index (Phi) is 8.62. The van der Waals surface area contributed by atoms with Crippen LogP contribution in [0.25, 0.3) is 0 Å². The monoisotopic (exact) mass is 546 g/mol. The summed E-state index contributed by atoms with van der Waals surface area (Å²) in [7, 11) is 0. The van der Waals surface area contributed by atoms with Crippen LogP contribution in [0, 0.1) is 18.6 Å². The van der Waals surface area contributed by atoms with Gasteiger partial charge < -0.3 is 9.64 Å². The normalized spacial score (nSPS) is 17.5. The quantitative estimate of drug-likeness (QED) is 0.420. The molecule has 1 saturated heterocycles. The van der Waals surface area contributed by atoms with Gasteiger partial charge in [0.25, 0.3) is 11.8 Å². The van der Waals surface area contributed by atoms with E-state index in [-0.39, 0.29) is 18.7 Å². The van der Waals surface area contributed by atoms with Crippen molar-refractivity contribution in [3.05, 3.63) is 107 Å². The Morgan fingerprint density at radius 1 is 0.950 bits per heavy atom. The van der Waals surface area contributed by atoms with Crippen molar-refractivity contribution in [3.63, 3.8) is 0 Å². The molecule has 1 unspecified atom stereocenters. The zero-order chi connectivity index (χ0) is 28.1. The van der Waals surface area contributed by atoms with Gasteiger partial charge in [0.15, 0.2) is 0 Å². The smallest absolute Gasteiger partial charge is 0.262 e. The number of halogens is 2. The van der Waals surface area contributed by atoms with Gasteiger partial charge in [0.05, 0.1) is 30.5 Å². The number of nitrogens with zero attached hydrogens (tertiary/aromatic N) is 4. The number of carbonyl (C=O) groups is 2. The van der Waals surface area contributed by atoms with E-state index in [4.69, 9.17) is 4.74 Å². The molecule has 2 aliphatic rings. The van der Waals surface area contributed by atoms with E-state index in [1.165, 1.54) is 34.2 Å². The summed E-state index contributed by atoms with van der Waals surface area (Å²) in [5.41, 5.74) is 2.62. The number of carbonyl (C=O) groups excluding carboxylic acids is 2. The summed E-state index contributed by atoms with van der Waals surface area (Å²) >= 11 is 0. The van der Waals surface area contributed by atoms with Gasteiger partial charge in [0.2, 0.25) is 0 Å². The van der Waals surface area contributed by atoms with Gasteiger partial charge in [-0.2, -0.15) is 5.10 Å². The minimum Gasteiger partial charge on any atom is -0.379 e. The van der Waals surface area contributed by atoms with Crippen molar-refractivity contribution in [1.29, 1.82) is 0 Å². The maximum absolute atomic E-state index is 14.7. The van der Waals surface area contributed by atoms with E-state index in [9.17, 15) is 18.4 Å². The molecule has 0 saturated carbocycles. The Morgan fingerprint density at radius 2 is 1.62 bits per heavy atom. The summed E-state index contributed by atoms with van der Waals surface area (Å²) in [5.74, 6) is -2.05. The summed E-state index contributed by atoms with van der Waals surface area (Å²) in [6.45, 7) is 5.05. The molecule has 7 nitrogen and oxygen atoms in total. The van der Waals surface area contributed by atoms with Crippen LogP contribution in [-0.4, -0.2) is 78.3 Å². The molecular weight excluding hydrogens is 514 g/mol. The molecule has 1 atom stereocenters. The Balaban J connectivity index is 1.43. The largest absolute Gasteiger partial charge is 0.379 e. The molecule has 9 heteroatoms. The zero-order valence-electron chi connectivity index (χ0n) is 22.4. The second-order valence-electron chi connectivity index (χ2n) is 10.1. The van der Waals surface area contributed by atoms with Gasteiger partial charge in [-0.1, -0.05) is 60.2 Å². The van der Waals surface area contributed by atoms with Gasteiger partial charge in [-0.05, 0) is 30.7 Å². The molecule has 2 aliphatic heterocycles. The van der Waals surface area contributed by atoms with Crippen molar-refractivity contribution in [2.75, 3.05) is 45.9 Å². The summed E-state index contributed by atoms with van der Waals surface area (Å²) in [6, 6.07) is 19.4. The van der Waals surface area contributed by atoms with Crippen LogP contribution < -0.4 is 0 Å². The Hall–Kier alpha value is -3.95. The van der Waals surface area contributed by atoms with Crippen LogP contribution in [0.15, 0.2) is 77.9 Å². The fourth-order valence-corrected chi connectivity index (χ4v) is 5.03. The average molecular weight is 547 g/mol. The molecule has 40 heavy (non-hydrogen) atoms. The van der Waals surface area contributed by atoms with Crippen LogP contribution in [0.4, 0.5) is 8.78 Å². The number of hydrogen-bond donors (Lipinski definition) is 0. The predicted molar refractivity (Wildman–Crippen MR) is 148 cm³/mol. The summed E-state index contributed by atoms with van der Waals surface area (Å²) < 4.78 is 34.7. The molecule has 5 rings (SSSR count). The summed E-state index contributed by atoms with van der Waals surface area (Å²) in [4.78, 5) is 30.9. The molecule has 0 bridgehead atoms. The Bertz CT molecular complexity index is 1390. The minimum atomic E-state index is -0.644. The summed E-state index contributed by atoms with van der Waals surface area (Å²) in [6.07, 6.45) is 0.324. The molecule has 0 radical (unpaired) electrons. The lowest BCUT2D eigenvalue weighted by Crippen LogP contribution is -2.46. The first-order valence-electron chi connectivity index (χ1n) is 13.5. The molecule has 3 aromatic carbocycles. The lowest BCUT2D eigenvalue weighted by molar-refractivity contribution is -0.133. The highest BCUT2D eigenvalue weighted by molar-refractivity contribution is 6.04. The van der Waals surface area contributed by atoms with E-state index in [2.05, 4.69) is 10.0 Å². The second kappa shape index (κ2) is 12.5. The molecule has 208 valence electrons. The molecule has 2 heterocycles. The summed E-state index contributed by atoms with van der Waals surface area (Å²) in [5, 5.41) is 5.92. The molecule has 2 amide bonds. The van der Waals surface area contributed by atoms with Crippen LogP contribution in [0.5, 0.6) is 0 Å². The van der Waals surface area contributed by atoms with Gasteiger partial charge in [-0.3, -0.25) is 14.5 Å². The maximum Gasteiger partial charge on any atom is 0.262 e. The van der Waals surface area contributed by atoms with E-state index in [0.29, 0.717) is 50.5 Å². The van der Waals surface area contributed by atoms with Crippen molar-refractivity contribution >= 4 is 17.5 Å². The van der Waals surface area contributed by atoms with Crippen molar-refractivity contribution in [2.24, 2.45) is 5.10 Å². The Morgan fingerprint density at radius 3 is 2.33 bits per heavy atom. The van der Waals surface area contributed by atoms with E-state index in [1.807, 2.05) is 31.2 Å². The highest BCUT2D eigenvalue weighted by Crippen LogP contribution is 2.33. The number of ether oxygens (including phenoxy) is 1. The van der Waals surface area contributed by atoms with Crippen molar-refractivity contribution in [2.45, 2.75) is 19.4 Å². The Labute approximate surface area is 232 Å². The first kappa shape index (κ1) is 27.6. The van der Waals surface area contributed by atoms with Crippen LogP contribution in [0.2, 0.25) is 0 Å².